The van der Waals surface area contributed by atoms with E-state index in [0.29, 0.717) is 18.6 Å². The third kappa shape index (κ3) is 3.75. The van der Waals surface area contributed by atoms with Crippen molar-refractivity contribution in [2.45, 2.75) is 32.4 Å². The first kappa shape index (κ1) is 18.2. The summed E-state index contributed by atoms with van der Waals surface area (Å²) in [4.78, 5) is 12.4. The van der Waals surface area contributed by atoms with Crippen molar-refractivity contribution in [2.24, 2.45) is 0 Å². The highest BCUT2D eigenvalue weighted by Crippen LogP contribution is 2.20. The van der Waals surface area contributed by atoms with E-state index in [-0.39, 0.29) is 5.56 Å². The second-order valence-electron chi connectivity index (χ2n) is 7.08. The molecule has 4 rings (SSSR count). The van der Waals surface area contributed by atoms with Crippen molar-refractivity contribution < 1.29 is 5.11 Å². The molecule has 5 nitrogen and oxygen atoms in total. The lowest BCUT2D eigenvalue weighted by atomic mass is 10.1. The predicted octanol–water partition coefficient (Wildman–Crippen LogP) is 3.47. The Balaban J connectivity index is 1.62. The molecular formula is C23H23N3O2. The molecule has 0 spiro atoms. The monoisotopic (exact) mass is 373 g/mol. The Morgan fingerprint density at radius 1 is 1.00 bits per heavy atom. The summed E-state index contributed by atoms with van der Waals surface area (Å²) in [6.07, 6.45) is 0.952. The van der Waals surface area contributed by atoms with Gasteiger partial charge in [-0.25, -0.2) is 0 Å². The zero-order chi connectivity index (χ0) is 19.5. The summed E-state index contributed by atoms with van der Waals surface area (Å²) in [6, 6.07) is 23.4. The third-order valence-corrected chi connectivity index (χ3v) is 5.01. The number of benzene rings is 2. The Morgan fingerprint density at radius 3 is 2.39 bits per heavy atom. The Labute approximate surface area is 163 Å². The summed E-state index contributed by atoms with van der Waals surface area (Å²) in [7, 11) is 0. The molecule has 2 aromatic heterocycles. The zero-order valence-corrected chi connectivity index (χ0v) is 15.8. The highest BCUT2D eigenvalue weighted by molar-refractivity contribution is 5.64. The molecule has 0 saturated carbocycles. The minimum Gasteiger partial charge on any atom is -0.391 e. The van der Waals surface area contributed by atoms with Crippen LogP contribution in [0.5, 0.6) is 0 Å². The molecular weight excluding hydrogens is 350 g/mol. The van der Waals surface area contributed by atoms with E-state index < -0.39 is 6.10 Å². The number of aliphatic hydroxyl groups excluding tert-OH is 1. The number of aryl methyl sites for hydroxylation is 2. The molecule has 2 heterocycles. The van der Waals surface area contributed by atoms with Crippen LogP contribution in [-0.4, -0.2) is 25.4 Å². The van der Waals surface area contributed by atoms with Crippen LogP contribution in [0.25, 0.3) is 16.9 Å². The summed E-state index contributed by atoms with van der Waals surface area (Å²) in [5, 5.41) is 15.1. The van der Waals surface area contributed by atoms with Gasteiger partial charge in [0.2, 0.25) is 0 Å². The quantitative estimate of drug-likeness (QED) is 0.563. The molecule has 0 saturated heterocycles. The van der Waals surface area contributed by atoms with E-state index >= 15 is 0 Å². The van der Waals surface area contributed by atoms with E-state index in [4.69, 9.17) is 0 Å². The van der Waals surface area contributed by atoms with E-state index in [1.807, 2.05) is 66.1 Å². The smallest absolute Gasteiger partial charge is 0.274 e. The van der Waals surface area contributed by atoms with E-state index in [1.165, 1.54) is 10.1 Å². The normalized spacial score (nSPS) is 12.4. The van der Waals surface area contributed by atoms with E-state index in [9.17, 15) is 9.90 Å². The van der Waals surface area contributed by atoms with Gasteiger partial charge in [0, 0.05) is 23.4 Å². The van der Waals surface area contributed by atoms with Gasteiger partial charge >= 0.3 is 0 Å². The molecule has 142 valence electrons. The number of aromatic nitrogens is 3. The van der Waals surface area contributed by atoms with Gasteiger partial charge in [-0.2, -0.15) is 9.61 Å². The van der Waals surface area contributed by atoms with Crippen LogP contribution < -0.4 is 5.56 Å². The van der Waals surface area contributed by atoms with Crippen molar-refractivity contribution in [1.29, 1.82) is 0 Å². The second kappa shape index (κ2) is 7.82. The SMILES string of the molecule is Cc1cc(=O)n2nc(-c3ccccc3)cc2n1CC(O)CCc1ccccc1. The van der Waals surface area contributed by atoms with Crippen LogP contribution in [0.3, 0.4) is 0 Å². The second-order valence-corrected chi connectivity index (χ2v) is 7.08. The average Bonchev–Trinajstić information content (AvgIpc) is 3.17. The Bertz CT molecular complexity index is 1130. The number of hydrogen-bond acceptors (Lipinski definition) is 3. The molecule has 0 fully saturated rings. The average molecular weight is 373 g/mol. The van der Waals surface area contributed by atoms with Crippen molar-refractivity contribution in [1.82, 2.24) is 14.2 Å². The number of rotatable bonds is 6. The molecule has 0 aliphatic heterocycles. The Morgan fingerprint density at radius 2 is 1.68 bits per heavy atom. The summed E-state index contributed by atoms with van der Waals surface area (Å²) < 4.78 is 3.38. The molecule has 2 aromatic carbocycles. The largest absolute Gasteiger partial charge is 0.391 e. The van der Waals surface area contributed by atoms with Gasteiger partial charge in [0.25, 0.3) is 5.56 Å². The number of nitrogens with zero attached hydrogens (tertiary/aromatic N) is 3. The molecule has 0 radical (unpaired) electrons. The van der Waals surface area contributed by atoms with Gasteiger partial charge in [-0.1, -0.05) is 60.7 Å². The van der Waals surface area contributed by atoms with Crippen LogP contribution in [0.15, 0.2) is 77.6 Å². The molecule has 0 aliphatic rings. The van der Waals surface area contributed by atoms with Crippen LogP contribution >= 0.6 is 0 Å². The lowest BCUT2D eigenvalue weighted by Gasteiger charge is -2.17. The molecule has 0 bridgehead atoms. The van der Waals surface area contributed by atoms with Crippen molar-refractivity contribution in [3.63, 3.8) is 0 Å². The van der Waals surface area contributed by atoms with Gasteiger partial charge in [0.15, 0.2) is 0 Å². The zero-order valence-electron chi connectivity index (χ0n) is 15.8. The minimum atomic E-state index is -0.514. The number of fused-ring (bicyclic) bond motifs is 1. The molecule has 0 aliphatic carbocycles. The molecule has 0 amide bonds. The van der Waals surface area contributed by atoms with Gasteiger partial charge in [-0.3, -0.25) is 4.79 Å². The minimum absolute atomic E-state index is 0.162. The standard InChI is InChI=1S/C23H23N3O2/c1-17-14-23(28)26-22(15-21(24-26)19-10-6-3-7-11-19)25(17)16-20(27)13-12-18-8-4-2-5-9-18/h2-11,14-15,20,27H,12-13,16H2,1H3. The third-order valence-electron chi connectivity index (χ3n) is 5.01. The first-order valence-corrected chi connectivity index (χ1v) is 9.49. The van der Waals surface area contributed by atoms with Crippen molar-refractivity contribution in [2.75, 3.05) is 0 Å². The summed E-state index contributed by atoms with van der Waals surface area (Å²) in [6.45, 7) is 2.31. The van der Waals surface area contributed by atoms with Crippen LogP contribution in [0.2, 0.25) is 0 Å². The van der Waals surface area contributed by atoms with Gasteiger partial charge in [-0.15, -0.1) is 0 Å². The van der Waals surface area contributed by atoms with Gasteiger partial charge in [0.05, 0.1) is 18.3 Å². The maximum absolute atomic E-state index is 12.4. The Kier molecular flexibility index (Phi) is 5.08. The highest BCUT2D eigenvalue weighted by atomic mass is 16.3. The molecule has 1 atom stereocenters. The number of aliphatic hydroxyl groups is 1. The highest BCUT2D eigenvalue weighted by Gasteiger charge is 2.14. The molecule has 1 N–H and O–H groups in total. The lowest BCUT2D eigenvalue weighted by Crippen LogP contribution is -2.24. The Hall–Kier alpha value is -3.18. The summed E-state index contributed by atoms with van der Waals surface area (Å²) >= 11 is 0. The molecule has 5 heteroatoms. The van der Waals surface area contributed by atoms with E-state index in [1.54, 1.807) is 6.07 Å². The van der Waals surface area contributed by atoms with Gasteiger partial charge in [-0.05, 0) is 25.3 Å². The van der Waals surface area contributed by atoms with E-state index in [2.05, 4.69) is 17.2 Å². The summed E-state index contributed by atoms with van der Waals surface area (Å²) in [5.74, 6) is 0. The van der Waals surface area contributed by atoms with Crippen LogP contribution in [0.1, 0.15) is 17.7 Å². The maximum Gasteiger partial charge on any atom is 0.274 e. The van der Waals surface area contributed by atoms with Crippen molar-refractivity contribution in [3.05, 3.63) is 94.4 Å². The van der Waals surface area contributed by atoms with Crippen LogP contribution in [-0.2, 0) is 13.0 Å². The van der Waals surface area contributed by atoms with Crippen molar-refractivity contribution >= 4 is 5.65 Å². The lowest BCUT2D eigenvalue weighted by molar-refractivity contribution is 0.145. The topological polar surface area (TPSA) is 59.5 Å². The van der Waals surface area contributed by atoms with Crippen molar-refractivity contribution in [3.8, 4) is 11.3 Å². The molecule has 4 aromatic rings. The maximum atomic E-state index is 12.4. The molecule has 1 unspecified atom stereocenters. The van der Waals surface area contributed by atoms with Gasteiger partial charge < -0.3 is 9.67 Å². The number of hydrogen-bond donors (Lipinski definition) is 1. The fourth-order valence-electron chi connectivity index (χ4n) is 3.49. The molecule has 28 heavy (non-hydrogen) atoms. The van der Waals surface area contributed by atoms with Crippen LogP contribution in [0, 0.1) is 6.92 Å². The first-order chi connectivity index (χ1) is 13.6. The predicted molar refractivity (Wildman–Crippen MR) is 110 cm³/mol. The van der Waals surface area contributed by atoms with Gasteiger partial charge in [0.1, 0.15) is 5.65 Å². The fourth-order valence-corrected chi connectivity index (χ4v) is 3.49. The fraction of sp³-hybridized carbons (Fsp3) is 0.217. The summed E-state index contributed by atoms with van der Waals surface area (Å²) in [5.41, 5.74) is 4.26. The van der Waals surface area contributed by atoms with E-state index in [0.717, 1.165) is 23.4 Å². The first-order valence-electron chi connectivity index (χ1n) is 9.49. The van der Waals surface area contributed by atoms with Crippen LogP contribution in [0.4, 0.5) is 0 Å².